The van der Waals surface area contributed by atoms with E-state index in [9.17, 15) is 14.7 Å². The Morgan fingerprint density at radius 2 is 2.06 bits per heavy atom. The molecule has 0 saturated heterocycles. The topological polar surface area (TPSA) is 89.5 Å². The van der Waals surface area contributed by atoms with Crippen LogP contribution in [0.25, 0.3) is 0 Å². The van der Waals surface area contributed by atoms with Gasteiger partial charge in [0.15, 0.2) is 0 Å². The van der Waals surface area contributed by atoms with Crippen molar-refractivity contribution in [3.63, 3.8) is 0 Å². The number of hydrogen-bond acceptors (Lipinski definition) is 4. The third-order valence-electron chi connectivity index (χ3n) is 1.65. The van der Waals surface area contributed by atoms with Crippen LogP contribution in [0.4, 0.5) is 5.69 Å². The molecule has 80 valence electrons. The number of carboxylic acid groups (broad SMARTS) is 2. The van der Waals surface area contributed by atoms with Gasteiger partial charge in [-0.05, 0) is 34.7 Å². The van der Waals surface area contributed by atoms with Crippen LogP contribution < -0.4 is 61.8 Å². The van der Waals surface area contributed by atoms with E-state index in [0.29, 0.717) is 3.57 Å². The van der Waals surface area contributed by atoms with E-state index in [4.69, 9.17) is 5.11 Å². The number of carbonyl (C=O) groups excluding carboxylic acids is 1. The molecule has 0 saturated carbocycles. The molecule has 0 aromatic heterocycles. The molecule has 7 heteroatoms. The average molecular weight is 359 g/mol. The van der Waals surface area contributed by atoms with Crippen LogP contribution in [0.15, 0.2) is 18.2 Å². The van der Waals surface area contributed by atoms with Crippen LogP contribution in [-0.2, 0) is 4.79 Å². The second kappa shape index (κ2) is 7.61. The molecular formula is C9H7IKNO4. The maximum atomic E-state index is 10.9. The van der Waals surface area contributed by atoms with Crippen LogP contribution in [0.5, 0.6) is 0 Å². The zero-order valence-electron chi connectivity index (χ0n) is 8.49. The molecule has 1 rings (SSSR count). The smallest absolute Gasteiger partial charge is 0.548 e. The number of benzene rings is 1. The van der Waals surface area contributed by atoms with Crippen LogP contribution in [0.2, 0.25) is 0 Å². The van der Waals surface area contributed by atoms with E-state index in [-0.39, 0.29) is 62.6 Å². The van der Waals surface area contributed by atoms with Gasteiger partial charge in [0.05, 0.1) is 23.8 Å². The zero-order chi connectivity index (χ0) is 11.4. The summed E-state index contributed by atoms with van der Waals surface area (Å²) in [7, 11) is 0. The van der Waals surface area contributed by atoms with Gasteiger partial charge in [-0.2, -0.15) is 0 Å². The number of nitrogens with one attached hydrogen (secondary N) is 1. The average Bonchev–Trinajstić information content (AvgIpc) is 2.13. The Morgan fingerprint density at radius 1 is 1.44 bits per heavy atom. The van der Waals surface area contributed by atoms with Crippen LogP contribution in [0.1, 0.15) is 10.4 Å². The largest absolute Gasteiger partial charge is 1.00 e. The van der Waals surface area contributed by atoms with Gasteiger partial charge in [0.1, 0.15) is 0 Å². The number of aliphatic carboxylic acids is 1. The molecule has 0 atom stereocenters. The van der Waals surface area contributed by atoms with Crippen LogP contribution in [0.3, 0.4) is 0 Å². The first-order valence-corrected chi connectivity index (χ1v) is 5.05. The molecule has 0 aliphatic carbocycles. The monoisotopic (exact) mass is 359 g/mol. The van der Waals surface area contributed by atoms with Gasteiger partial charge in [-0.1, -0.05) is 6.07 Å². The van der Waals surface area contributed by atoms with Gasteiger partial charge in [0.25, 0.3) is 0 Å². The number of aromatic carboxylic acids is 1. The molecule has 1 aromatic carbocycles. The number of carbonyl (C=O) groups is 2. The van der Waals surface area contributed by atoms with Gasteiger partial charge in [-0.25, -0.2) is 4.79 Å². The summed E-state index contributed by atoms with van der Waals surface area (Å²) in [5.41, 5.74) is 0.345. The summed E-state index contributed by atoms with van der Waals surface area (Å²) in [5.74, 6) is -2.38. The van der Waals surface area contributed by atoms with Crippen molar-refractivity contribution < 1.29 is 71.2 Å². The third kappa shape index (κ3) is 4.68. The minimum Gasteiger partial charge on any atom is -0.548 e. The molecule has 0 fully saturated rings. The van der Waals surface area contributed by atoms with Crippen molar-refractivity contribution in [1.82, 2.24) is 0 Å². The number of carboxylic acids is 2. The molecule has 5 nitrogen and oxygen atoms in total. The summed E-state index contributed by atoms with van der Waals surface area (Å²) in [6.07, 6.45) is 0. The molecule has 1 aromatic rings. The van der Waals surface area contributed by atoms with E-state index >= 15 is 0 Å². The van der Waals surface area contributed by atoms with Crippen LogP contribution in [-0.4, -0.2) is 23.6 Å². The molecule has 16 heavy (non-hydrogen) atoms. The fourth-order valence-electron chi connectivity index (χ4n) is 1.06. The Kier molecular flexibility index (Phi) is 7.77. The Morgan fingerprint density at radius 3 is 2.56 bits per heavy atom. The second-order valence-electron chi connectivity index (χ2n) is 2.69. The van der Waals surface area contributed by atoms with Gasteiger partial charge in [0.2, 0.25) is 0 Å². The Labute approximate surface area is 148 Å². The summed E-state index contributed by atoms with van der Waals surface area (Å²) in [4.78, 5) is 21.1. The van der Waals surface area contributed by atoms with Gasteiger partial charge >= 0.3 is 57.4 Å². The Hall–Kier alpha value is 0.326. The molecule has 0 heterocycles. The van der Waals surface area contributed by atoms with Crippen molar-refractivity contribution in [2.45, 2.75) is 0 Å². The quantitative estimate of drug-likeness (QED) is 0.447. The fraction of sp³-hybridized carbons (Fsp3) is 0.111. The van der Waals surface area contributed by atoms with Crippen molar-refractivity contribution in [3.8, 4) is 0 Å². The second-order valence-corrected chi connectivity index (χ2v) is 3.86. The normalized spacial score (nSPS) is 9.06. The third-order valence-corrected chi connectivity index (χ3v) is 2.55. The molecule has 0 radical (unpaired) electrons. The van der Waals surface area contributed by atoms with Gasteiger partial charge < -0.3 is 20.3 Å². The Bertz CT molecular complexity index is 410. The standard InChI is InChI=1S/C9H8INO4.K/c10-5-2-1-3-6(8(5)9(14)15)11-4-7(12)13;/h1-3,11H,4H2,(H,12,13)(H,14,15);/q;+1/p-1. The first-order chi connectivity index (χ1) is 7.02. The van der Waals surface area contributed by atoms with E-state index in [2.05, 4.69) is 5.32 Å². The van der Waals surface area contributed by atoms with E-state index in [0.717, 1.165) is 0 Å². The first kappa shape index (κ1) is 16.3. The molecule has 0 unspecified atom stereocenters. The van der Waals surface area contributed by atoms with E-state index < -0.39 is 18.5 Å². The SMILES string of the molecule is O=C([O-])CNc1cccc(I)c1C(=O)O.[K+]. The zero-order valence-corrected chi connectivity index (χ0v) is 13.8. The molecule has 0 aliphatic rings. The maximum Gasteiger partial charge on any atom is 1.00 e. The van der Waals surface area contributed by atoms with Crippen LogP contribution >= 0.6 is 22.6 Å². The summed E-state index contributed by atoms with van der Waals surface area (Å²) < 4.78 is 0.545. The van der Waals surface area contributed by atoms with Crippen molar-refractivity contribution in [2.24, 2.45) is 0 Å². The van der Waals surface area contributed by atoms with E-state index in [1.165, 1.54) is 6.07 Å². The van der Waals surface area contributed by atoms with Crippen molar-refractivity contribution >= 4 is 40.2 Å². The fourth-order valence-corrected chi connectivity index (χ4v) is 1.79. The molecule has 0 bridgehead atoms. The number of halogens is 1. The Balaban J connectivity index is 0.00000225. The maximum absolute atomic E-state index is 10.9. The van der Waals surface area contributed by atoms with E-state index in [1.54, 1.807) is 12.1 Å². The number of rotatable bonds is 4. The van der Waals surface area contributed by atoms with Gasteiger partial charge in [-0.3, -0.25) is 0 Å². The van der Waals surface area contributed by atoms with Crippen molar-refractivity contribution in [2.75, 3.05) is 11.9 Å². The summed E-state index contributed by atoms with van der Waals surface area (Å²) in [5, 5.41) is 21.6. The number of anilines is 1. The van der Waals surface area contributed by atoms with Gasteiger partial charge in [0, 0.05) is 3.57 Å². The minimum atomic E-state index is -1.29. The predicted octanol–water partition coefficient (Wildman–Crippen LogP) is -2.84. The van der Waals surface area contributed by atoms with Gasteiger partial charge in [-0.15, -0.1) is 0 Å². The van der Waals surface area contributed by atoms with Crippen LogP contribution in [0, 0.1) is 3.57 Å². The van der Waals surface area contributed by atoms with Crippen molar-refractivity contribution in [1.29, 1.82) is 0 Å². The van der Waals surface area contributed by atoms with Crippen molar-refractivity contribution in [3.05, 3.63) is 27.3 Å². The summed E-state index contributed by atoms with van der Waals surface area (Å²) in [6.45, 7) is -0.416. The summed E-state index contributed by atoms with van der Waals surface area (Å²) >= 11 is 1.87. The molecular weight excluding hydrogens is 352 g/mol. The molecule has 0 amide bonds. The van der Waals surface area contributed by atoms with E-state index in [1.807, 2.05) is 22.6 Å². The number of hydrogen-bond donors (Lipinski definition) is 2. The molecule has 0 spiro atoms. The summed E-state index contributed by atoms with van der Waals surface area (Å²) in [6, 6.07) is 4.79. The molecule has 2 N–H and O–H groups in total. The first-order valence-electron chi connectivity index (χ1n) is 3.98. The predicted molar refractivity (Wildman–Crippen MR) is 59.6 cm³/mol. The minimum absolute atomic E-state index is 0. The molecule has 0 aliphatic heterocycles.